The van der Waals surface area contributed by atoms with Gasteiger partial charge in [0.15, 0.2) is 0 Å². The summed E-state index contributed by atoms with van der Waals surface area (Å²) in [5, 5.41) is 3.39. The zero-order valence-electron chi connectivity index (χ0n) is 11.1. The number of rotatable bonds is 6. The van der Waals surface area contributed by atoms with Crippen molar-refractivity contribution in [1.29, 1.82) is 0 Å². The Morgan fingerprint density at radius 1 is 1.56 bits per heavy atom. The fourth-order valence-corrected chi connectivity index (χ4v) is 2.17. The van der Waals surface area contributed by atoms with E-state index in [1.54, 1.807) is 0 Å². The zero-order valence-corrected chi connectivity index (χ0v) is 11.1. The van der Waals surface area contributed by atoms with Gasteiger partial charge in [0.25, 0.3) is 0 Å². The molecule has 2 unspecified atom stereocenters. The Labute approximate surface area is 99.8 Å². The molecule has 0 amide bonds. The lowest BCUT2D eigenvalue weighted by atomic mass is 10.1. The van der Waals surface area contributed by atoms with E-state index >= 15 is 0 Å². The Balaban J connectivity index is 2.27. The van der Waals surface area contributed by atoms with Gasteiger partial charge in [0.2, 0.25) is 0 Å². The van der Waals surface area contributed by atoms with Gasteiger partial charge in [-0.25, -0.2) is 0 Å². The smallest absolute Gasteiger partial charge is 0.0703 e. The molecule has 0 saturated carbocycles. The van der Waals surface area contributed by atoms with Crippen LogP contribution in [0.3, 0.4) is 0 Å². The third-order valence-corrected chi connectivity index (χ3v) is 3.14. The summed E-state index contributed by atoms with van der Waals surface area (Å²) < 4.78 is 5.58. The van der Waals surface area contributed by atoms with E-state index in [4.69, 9.17) is 4.74 Å². The SMILES string of the molecule is C=C(CNC(C)C)CN(C)C1CCOC1C. The van der Waals surface area contributed by atoms with Crippen LogP contribution in [-0.2, 0) is 4.74 Å². The number of ether oxygens (including phenoxy) is 1. The van der Waals surface area contributed by atoms with Gasteiger partial charge in [-0.1, -0.05) is 20.4 Å². The van der Waals surface area contributed by atoms with Crippen LogP contribution in [0.1, 0.15) is 27.2 Å². The molecule has 1 aliphatic heterocycles. The molecule has 0 spiro atoms. The highest BCUT2D eigenvalue weighted by Crippen LogP contribution is 2.18. The van der Waals surface area contributed by atoms with Crippen molar-refractivity contribution in [2.24, 2.45) is 0 Å². The van der Waals surface area contributed by atoms with E-state index in [2.05, 4.69) is 44.6 Å². The van der Waals surface area contributed by atoms with Gasteiger partial charge in [0.1, 0.15) is 0 Å². The molecule has 1 rings (SSSR count). The minimum absolute atomic E-state index is 0.357. The van der Waals surface area contributed by atoms with Crippen LogP contribution in [0.15, 0.2) is 12.2 Å². The number of nitrogens with zero attached hydrogens (tertiary/aromatic N) is 1. The maximum atomic E-state index is 5.58. The van der Waals surface area contributed by atoms with Gasteiger partial charge in [-0.2, -0.15) is 0 Å². The van der Waals surface area contributed by atoms with E-state index < -0.39 is 0 Å². The van der Waals surface area contributed by atoms with Gasteiger partial charge in [-0.15, -0.1) is 0 Å². The fourth-order valence-electron chi connectivity index (χ4n) is 2.17. The summed E-state index contributed by atoms with van der Waals surface area (Å²) in [6.45, 7) is 13.3. The average Bonchev–Trinajstić information content (AvgIpc) is 2.61. The lowest BCUT2D eigenvalue weighted by molar-refractivity contribution is 0.0864. The molecule has 0 aromatic heterocycles. The van der Waals surface area contributed by atoms with Crippen LogP contribution < -0.4 is 5.32 Å². The summed E-state index contributed by atoms with van der Waals surface area (Å²) in [6, 6.07) is 1.08. The van der Waals surface area contributed by atoms with Crippen molar-refractivity contribution in [3.63, 3.8) is 0 Å². The van der Waals surface area contributed by atoms with Gasteiger partial charge < -0.3 is 10.1 Å². The molecule has 16 heavy (non-hydrogen) atoms. The van der Waals surface area contributed by atoms with E-state index in [0.29, 0.717) is 18.2 Å². The molecule has 1 N–H and O–H groups in total. The predicted molar refractivity (Wildman–Crippen MR) is 68.7 cm³/mol. The zero-order chi connectivity index (χ0) is 12.1. The molecule has 1 aliphatic rings. The monoisotopic (exact) mass is 226 g/mol. The Kier molecular flexibility index (Phi) is 5.46. The normalized spacial score (nSPS) is 25.6. The van der Waals surface area contributed by atoms with E-state index in [1.807, 2.05) is 0 Å². The summed E-state index contributed by atoms with van der Waals surface area (Å²) in [4.78, 5) is 2.36. The van der Waals surface area contributed by atoms with Crippen LogP contribution in [0.4, 0.5) is 0 Å². The molecule has 0 aliphatic carbocycles. The van der Waals surface area contributed by atoms with Crippen LogP contribution in [0.5, 0.6) is 0 Å². The summed E-state index contributed by atoms with van der Waals surface area (Å²) in [6.07, 6.45) is 1.50. The third kappa shape index (κ3) is 4.24. The minimum atomic E-state index is 0.357. The highest BCUT2D eigenvalue weighted by molar-refractivity contribution is 5.01. The molecule has 0 aromatic rings. The number of hydrogen-bond donors (Lipinski definition) is 1. The first-order chi connectivity index (χ1) is 7.50. The Morgan fingerprint density at radius 3 is 2.75 bits per heavy atom. The molecule has 0 bridgehead atoms. The van der Waals surface area contributed by atoms with E-state index in [0.717, 1.165) is 26.1 Å². The quantitative estimate of drug-likeness (QED) is 0.697. The first kappa shape index (κ1) is 13.7. The van der Waals surface area contributed by atoms with Crippen molar-refractivity contribution in [3.05, 3.63) is 12.2 Å². The topological polar surface area (TPSA) is 24.5 Å². The van der Waals surface area contributed by atoms with Crippen molar-refractivity contribution in [1.82, 2.24) is 10.2 Å². The number of hydrogen-bond acceptors (Lipinski definition) is 3. The second-order valence-electron chi connectivity index (χ2n) is 5.13. The molecule has 1 fully saturated rings. The standard InChI is InChI=1S/C13H26N2O/c1-10(2)14-8-11(3)9-15(5)13-6-7-16-12(13)4/h10,12-14H,3,6-9H2,1-2,4-5H3. The molecule has 3 nitrogen and oxygen atoms in total. The summed E-state index contributed by atoms with van der Waals surface area (Å²) in [5.74, 6) is 0. The number of nitrogens with one attached hydrogen (secondary N) is 1. The predicted octanol–water partition coefficient (Wildman–Crippen LogP) is 1.65. The third-order valence-electron chi connectivity index (χ3n) is 3.14. The maximum absolute atomic E-state index is 5.58. The van der Waals surface area contributed by atoms with E-state index in [1.165, 1.54) is 5.57 Å². The molecular formula is C13H26N2O. The average molecular weight is 226 g/mol. The largest absolute Gasteiger partial charge is 0.377 e. The van der Waals surface area contributed by atoms with Crippen LogP contribution >= 0.6 is 0 Å². The fraction of sp³-hybridized carbons (Fsp3) is 0.846. The highest BCUT2D eigenvalue weighted by Gasteiger charge is 2.27. The first-order valence-corrected chi connectivity index (χ1v) is 6.22. The second-order valence-corrected chi connectivity index (χ2v) is 5.13. The molecule has 3 heteroatoms. The molecular weight excluding hydrogens is 200 g/mol. The summed E-state index contributed by atoms with van der Waals surface area (Å²) >= 11 is 0. The Bertz CT molecular complexity index is 228. The van der Waals surface area contributed by atoms with Gasteiger partial charge in [0.05, 0.1) is 6.10 Å². The molecule has 2 atom stereocenters. The molecule has 1 saturated heterocycles. The maximum Gasteiger partial charge on any atom is 0.0703 e. The van der Waals surface area contributed by atoms with Gasteiger partial charge in [0, 0.05) is 31.8 Å². The van der Waals surface area contributed by atoms with Gasteiger partial charge in [-0.3, -0.25) is 4.90 Å². The minimum Gasteiger partial charge on any atom is -0.377 e. The Morgan fingerprint density at radius 2 is 2.25 bits per heavy atom. The second kappa shape index (κ2) is 6.38. The van der Waals surface area contributed by atoms with E-state index in [-0.39, 0.29) is 0 Å². The lowest BCUT2D eigenvalue weighted by Gasteiger charge is -2.27. The van der Waals surface area contributed by atoms with Crippen molar-refractivity contribution in [3.8, 4) is 0 Å². The molecule has 0 radical (unpaired) electrons. The van der Waals surface area contributed by atoms with Crippen molar-refractivity contribution >= 4 is 0 Å². The van der Waals surface area contributed by atoms with E-state index in [9.17, 15) is 0 Å². The first-order valence-electron chi connectivity index (χ1n) is 6.22. The molecule has 94 valence electrons. The highest BCUT2D eigenvalue weighted by atomic mass is 16.5. The van der Waals surface area contributed by atoms with Crippen molar-refractivity contribution in [2.45, 2.75) is 45.4 Å². The van der Waals surface area contributed by atoms with Crippen LogP contribution in [0.25, 0.3) is 0 Å². The van der Waals surface area contributed by atoms with Gasteiger partial charge >= 0.3 is 0 Å². The molecule has 1 heterocycles. The number of likely N-dealkylation sites (N-methyl/N-ethyl adjacent to an activating group) is 1. The summed E-state index contributed by atoms with van der Waals surface area (Å²) in [5.41, 5.74) is 1.25. The van der Waals surface area contributed by atoms with Crippen LogP contribution in [-0.4, -0.2) is 49.8 Å². The Hall–Kier alpha value is -0.380. The van der Waals surface area contributed by atoms with Crippen molar-refractivity contribution in [2.75, 3.05) is 26.7 Å². The lowest BCUT2D eigenvalue weighted by Crippen LogP contribution is -2.39. The summed E-state index contributed by atoms with van der Waals surface area (Å²) in [7, 11) is 2.16. The van der Waals surface area contributed by atoms with Crippen LogP contribution in [0.2, 0.25) is 0 Å². The molecule has 0 aromatic carbocycles. The van der Waals surface area contributed by atoms with Crippen molar-refractivity contribution < 1.29 is 4.74 Å². The van der Waals surface area contributed by atoms with Gasteiger partial charge in [-0.05, 0) is 26.0 Å². The van der Waals surface area contributed by atoms with Crippen LogP contribution in [0, 0.1) is 0 Å².